The average Bonchev–Trinajstić information content (AvgIpc) is 3.30. The van der Waals surface area contributed by atoms with Crippen molar-refractivity contribution in [3.8, 4) is 0 Å². The van der Waals surface area contributed by atoms with Crippen LogP contribution in [0.2, 0.25) is 0 Å². The Morgan fingerprint density at radius 1 is 1.15 bits per heavy atom. The van der Waals surface area contributed by atoms with Gasteiger partial charge in [0.1, 0.15) is 0 Å². The summed E-state index contributed by atoms with van der Waals surface area (Å²) in [5.41, 5.74) is 1.04. The van der Waals surface area contributed by atoms with Crippen molar-refractivity contribution in [3.63, 3.8) is 0 Å². The molecule has 4 saturated carbocycles. The van der Waals surface area contributed by atoms with Crippen molar-refractivity contribution in [2.75, 3.05) is 6.54 Å². The van der Waals surface area contributed by atoms with Crippen LogP contribution in [0.3, 0.4) is 0 Å². The van der Waals surface area contributed by atoms with E-state index in [9.17, 15) is 4.79 Å². The van der Waals surface area contributed by atoms with Crippen molar-refractivity contribution >= 4 is 17.2 Å². The van der Waals surface area contributed by atoms with E-state index in [-0.39, 0.29) is 5.41 Å². The number of hydrogen-bond donors (Lipinski definition) is 0. The molecule has 0 aliphatic heterocycles. The van der Waals surface area contributed by atoms with Gasteiger partial charge in [-0.2, -0.15) is 0 Å². The highest BCUT2D eigenvalue weighted by atomic mass is 32.1. The van der Waals surface area contributed by atoms with Crippen LogP contribution in [0.5, 0.6) is 0 Å². The van der Waals surface area contributed by atoms with Gasteiger partial charge in [-0.05, 0) is 80.2 Å². The van der Waals surface area contributed by atoms with Crippen molar-refractivity contribution in [3.05, 3.63) is 46.5 Å². The molecule has 2 heterocycles. The van der Waals surface area contributed by atoms with Gasteiger partial charge in [-0.15, -0.1) is 11.3 Å². The van der Waals surface area contributed by atoms with E-state index >= 15 is 0 Å². The van der Waals surface area contributed by atoms with Crippen LogP contribution in [0.25, 0.3) is 0 Å². The van der Waals surface area contributed by atoms with Gasteiger partial charge in [0.05, 0.1) is 17.9 Å². The van der Waals surface area contributed by atoms with Gasteiger partial charge in [0.15, 0.2) is 0 Å². The summed E-state index contributed by atoms with van der Waals surface area (Å²) in [7, 11) is 0. The van der Waals surface area contributed by atoms with E-state index < -0.39 is 0 Å². The predicted octanol–water partition coefficient (Wildman–Crippen LogP) is 5.13. The molecule has 4 aliphatic carbocycles. The first-order chi connectivity index (χ1) is 12.7. The smallest absolute Gasteiger partial charge is 0.229 e. The minimum absolute atomic E-state index is 0.0616. The molecule has 3 nitrogen and oxygen atoms in total. The first-order valence-corrected chi connectivity index (χ1v) is 10.9. The molecule has 4 aliphatic rings. The highest BCUT2D eigenvalue weighted by molar-refractivity contribution is 7.09. The molecule has 0 N–H and O–H groups in total. The van der Waals surface area contributed by atoms with E-state index in [1.54, 1.807) is 23.9 Å². The molecule has 0 spiro atoms. The van der Waals surface area contributed by atoms with Crippen LogP contribution in [0, 0.1) is 23.2 Å². The van der Waals surface area contributed by atoms with Crippen LogP contribution in [-0.2, 0) is 17.8 Å². The summed E-state index contributed by atoms with van der Waals surface area (Å²) < 4.78 is 5.26. The first kappa shape index (κ1) is 16.6. The van der Waals surface area contributed by atoms with Crippen LogP contribution in [-0.4, -0.2) is 17.4 Å². The summed E-state index contributed by atoms with van der Waals surface area (Å²) in [4.78, 5) is 17.3. The largest absolute Gasteiger partial charge is 0.472 e. The zero-order chi connectivity index (χ0) is 17.6. The molecule has 2 aromatic heterocycles. The summed E-state index contributed by atoms with van der Waals surface area (Å²) in [6.07, 6.45) is 12.0. The third-order valence-electron chi connectivity index (χ3n) is 6.94. The molecule has 6 rings (SSSR count). The third kappa shape index (κ3) is 3.02. The maximum absolute atomic E-state index is 13.8. The van der Waals surface area contributed by atoms with Gasteiger partial charge in [0, 0.05) is 23.5 Å². The van der Waals surface area contributed by atoms with Crippen molar-refractivity contribution in [1.29, 1.82) is 0 Å². The number of rotatable bonds is 6. The number of amides is 1. The molecule has 138 valence electrons. The molecule has 4 fully saturated rings. The van der Waals surface area contributed by atoms with Crippen LogP contribution < -0.4 is 0 Å². The van der Waals surface area contributed by atoms with Gasteiger partial charge in [-0.25, -0.2) is 0 Å². The summed E-state index contributed by atoms with van der Waals surface area (Å²) in [6.45, 7) is 1.49. The molecule has 4 heteroatoms. The topological polar surface area (TPSA) is 33.5 Å². The molecule has 26 heavy (non-hydrogen) atoms. The van der Waals surface area contributed by atoms with Crippen LogP contribution >= 0.6 is 11.3 Å². The molecule has 0 atom stereocenters. The lowest BCUT2D eigenvalue weighted by atomic mass is 9.49. The normalized spacial score (nSPS) is 32.1. The number of furan rings is 1. The van der Waals surface area contributed by atoms with Gasteiger partial charge in [0.2, 0.25) is 5.91 Å². The Hall–Kier alpha value is -1.55. The summed E-state index contributed by atoms with van der Waals surface area (Å²) >= 11 is 1.79. The molecule has 0 radical (unpaired) electrons. The van der Waals surface area contributed by atoms with Gasteiger partial charge >= 0.3 is 0 Å². The zero-order valence-corrected chi connectivity index (χ0v) is 16.0. The zero-order valence-electron chi connectivity index (χ0n) is 15.2. The quantitative estimate of drug-likeness (QED) is 0.707. The SMILES string of the molecule is O=C(N(CCc1cccs1)Cc1ccoc1)C12CC3CC(CC(C3)C1)C2. The second-order valence-electron chi connectivity index (χ2n) is 8.89. The summed E-state index contributed by atoms with van der Waals surface area (Å²) in [5.74, 6) is 2.84. The summed E-state index contributed by atoms with van der Waals surface area (Å²) in [5, 5.41) is 2.12. The Bertz CT molecular complexity index is 714. The summed E-state index contributed by atoms with van der Waals surface area (Å²) in [6, 6.07) is 6.27. The van der Waals surface area contributed by atoms with Crippen LogP contribution in [0.4, 0.5) is 0 Å². The van der Waals surface area contributed by atoms with Crippen molar-refractivity contribution < 1.29 is 9.21 Å². The Morgan fingerprint density at radius 3 is 2.46 bits per heavy atom. The van der Waals surface area contributed by atoms with E-state index in [4.69, 9.17) is 4.42 Å². The number of thiophene rings is 1. The lowest BCUT2D eigenvalue weighted by Crippen LogP contribution is -2.54. The van der Waals surface area contributed by atoms with E-state index in [1.165, 1.54) is 24.1 Å². The Balaban J connectivity index is 1.37. The van der Waals surface area contributed by atoms with E-state index in [1.807, 2.05) is 6.07 Å². The average molecular weight is 370 g/mol. The number of nitrogens with zero attached hydrogens (tertiary/aromatic N) is 1. The van der Waals surface area contributed by atoms with Crippen LogP contribution in [0.1, 0.15) is 49.0 Å². The standard InChI is InChI=1S/C22H27NO2S/c24-21(22-11-17-8-18(12-22)10-19(9-17)13-22)23(14-16-4-6-25-15-16)5-3-20-2-1-7-26-20/h1-2,4,6-7,15,17-19H,3,5,8-14H2. The third-order valence-corrected chi connectivity index (χ3v) is 7.88. The molecule has 0 aromatic carbocycles. The molecule has 1 amide bonds. The number of carbonyl (C=O) groups excluding carboxylic acids is 1. The fraction of sp³-hybridized carbons (Fsp3) is 0.591. The Labute approximate surface area is 159 Å². The highest BCUT2D eigenvalue weighted by Gasteiger charge is 2.55. The van der Waals surface area contributed by atoms with E-state index in [0.717, 1.165) is 55.5 Å². The minimum Gasteiger partial charge on any atom is -0.472 e. The molecule has 2 aromatic rings. The molecule has 0 unspecified atom stereocenters. The van der Waals surface area contributed by atoms with Gasteiger partial charge in [-0.3, -0.25) is 4.79 Å². The maximum atomic E-state index is 13.8. The second-order valence-corrected chi connectivity index (χ2v) is 9.92. The number of hydrogen-bond acceptors (Lipinski definition) is 3. The molecular weight excluding hydrogens is 342 g/mol. The Kier molecular flexibility index (Phi) is 4.19. The van der Waals surface area contributed by atoms with Gasteiger partial charge in [0.25, 0.3) is 0 Å². The monoisotopic (exact) mass is 369 g/mol. The van der Waals surface area contributed by atoms with Crippen molar-refractivity contribution in [2.24, 2.45) is 23.2 Å². The maximum Gasteiger partial charge on any atom is 0.229 e. The predicted molar refractivity (Wildman–Crippen MR) is 103 cm³/mol. The van der Waals surface area contributed by atoms with Gasteiger partial charge < -0.3 is 9.32 Å². The van der Waals surface area contributed by atoms with E-state index in [2.05, 4.69) is 22.4 Å². The fourth-order valence-electron chi connectivity index (χ4n) is 6.26. The fourth-order valence-corrected chi connectivity index (χ4v) is 6.96. The molecule has 4 bridgehead atoms. The number of carbonyl (C=O) groups is 1. The molecular formula is C22H27NO2S. The molecule has 0 saturated heterocycles. The van der Waals surface area contributed by atoms with Crippen molar-refractivity contribution in [1.82, 2.24) is 4.90 Å². The van der Waals surface area contributed by atoms with Gasteiger partial charge in [-0.1, -0.05) is 6.07 Å². The highest BCUT2D eigenvalue weighted by Crippen LogP contribution is 2.60. The lowest BCUT2D eigenvalue weighted by Gasteiger charge is -2.56. The minimum atomic E-state index is -0.0616. The van der Waals surface area contributed by atoms with Crippen LogP contribution in [0.15, 0.2) is 40.5 Å². The Morgan fingerprint density at radius 2 is 1.88 bits per heavy atom. The second kappa shape index (κ2) is 6.56. The van der Waals surface area contributed by atoms with Crippen molar-refractivity contribution in [2.45, 2.75) is 51.5 Å². The van der Waals surface area contributed by atoms with E-state index in [0.29, 0.717) is 12.5 Å². The lowest BCUT2D eigenvalue weighted by molar-refractivity contribution is -0.158. The first-order valence-electron chi connectivity index (χ1n) is 10.0.